The highest BCUT2D eigenvalue weighted by Gasteiger charge is 2.13. The fourth-order valence-corrected chi connectivity index (χ4v) is 2.57. The first-order valence-electron chi connectivity index (χ1n) is 6.50. The van der Waals surface area contributed by atoms with E-state index in [1.165, 1.54) is 0 Å². The Bertz CT molecular complexity index is 787. The Balaban J connectivity index is 2.01. The second-order valence-corrected chi connectivity index (χ2v) is 5.57. The van der Waals surface area contributed by atoms with Crippen LogP contribution in [0.4, 0.5) is 0 Å². The summed E-state index contributed by atoms with van der Waals surface area (Å²) in [7, 11) is 0. The first-order valence-corrected chi connectivity index (χ1v) is 7.29. The predicted octanol–water partition coefficient (Wildman–Crippen LogP) is 4.99. The van der Waals surface area contributed by atoms with E-state index >= 15 is 0 Å². The van der Waals surface area contributed by atoms with Crippen LogP contribution in [0.2, 0.25) is 0 Å². The minimum Gasteiger partial charge on any atom is -0.458 e. The highest BCUT2D eigenvalue weighted by atomic mass is 79.9. The molecule has 2 aromatic carbocycles. The summed E-state index contributed by atoms with van der Waals surface area (Å²) in [4.78, 5) is 12.4. The Hall–Kier alpha value is -1.87. The lowest BCUT2D eigenvalue weighted by Crippen LogP contribution is -1.99. The average Bonchev–Trinajstić information content (AvgIpc) is 2.95. The third-order valence-corrected chi connectivity index (χ3v) is 3.79. The second-order valence-electron chi connectivity index (χ2n) is 4.65. The van der Waals surface area contributed by atoms with Crippen molar-refractivity contribution in [2.75, 3.05) is 0 Å². The lowest BCUT2D eigenvalue weighted by atomic mass is 10.0. The molecule has 0 aliphatic carbocycles. The van der Waals surface area contributed by atoms with E-state index in [2.05, 4.69) is 15.9 Å². The summed E-state index contributed by atoms with van der Waals surface area (Å²) in [6.45, 7) is 2.00. The van der Waals surface area contributed by atoms with Crippen molar-refractivity contribution in [1.29, 1.82) is 0 Å². The van der Waals surface area contributed by atoms with Gasteiger partial charge in [0.1, 0.15) is 5.76 Å². The molecule has 100 valence electrons. The number of halogens is 1. The van der Waals surface area contributed by atoms with Crippen LogP contribution in [0.5, 0.6) is 0 Å². The molecule has 1 heterocycles. The summed E-state index contributed by atoms with van der Waals surface area (Å²) < 4.78 is 6.55. The molecule has 3 rings (SSSR count). The van der Waals surface area contributed by atoms with Gasteiger partial charge in [-0.15, -0.1) is 0 Å². The molecule has 2 nitrogen and oxygen atoms in total. The van der Waals surface area contributed by atoms with E-state index in [4.69, 9.17) is 4.42 Å². The monoisotopic (exact) mass is 328 g/mol. The van der Waals surface area contributed by atoms with E-state index in [1.54, 1.807) is 6.07 Å². The van der Waals surface area contributed by atoms with Crippen molar-refractivity contribution in [3.63, 3.8) is 0 Å². The van der Waals surface area contributed by atoms with Crippen LogP contribution in [0.25, 0.3) is 10.8 Å². The highest BCUT2D eigenvalue weighted by molar-refractivity contribution is 9.10. The molecule has 0 saturated carbocycles. The number of carbonyl (C=O) groups excluding carboxylic acids is 1. The van der Waals surface area contributed by atoms with Crippen molar-refractivity contribution in [2.24, 2.45) is 0 Å². The summed E-state index contributed by atoms with van der Waals surface area (Å²) in [6.07, 6.45) is 0.791. The van der Waals surface area contributed by atoms with E-state index in [0.717, 1.165) is 27.4 Å². The highest BCUT2D eigenvalue weighted by Crippen LogP contribution is 2.22. The van der Waals surface area contributed by atoms with E-state index in [-0.39, 0.29) is 5.78 Å². The van der Waals surface area contributed by atoms with Crippen LogP contribution < -0.4 is 0 Å². The Morgan fingerprint density at radius 1 is 1.05 bits per heavy atom. The maximum atomic E-state index is 12.4. The fraction of sp³-hybridized carbons (Fsp3) is 0.118. The molecular weight excluding hydrogens is 316 g/mol. The summed E-state index contributed by atoms with van der Waals surface area (Å²) in [5.41, 5.74) is 0.650. The summed E-state index contributed by atoms with van der Waals surface area (Å²) >= 11 is 3.45. The molecule has 0 radical (unpaired) electrons. The maximum Gasteiger partial charge on any atom is 0.228 e. The van der Waals surface area contributed by atoms with Crippen molar-refractivity contribution in [3.8, 4) is 0 Å². The smallest absolute Gasteiger partial charge is 0.228 e. The molecule has 0 unspecified atom stereocenters. The molecule has 0 atom stereocenters. The third-order valence-electron chi connectivity index (χ3n) is 3.30. The molecular formula is C17H13BrO2. The average molecular weight is 329 g/mol. The number of hydrogen-bond acceptors (Lipinski definition) is 2. The van der Waals surface area contributed by atoms with Gasteiger partial charge in [0.2, 0.25) is 5.78 Å². The standard InChI is InChI=1S/C17H13BrO2/c1-2-15-7-8-16(20-15)17(19)13-4-3-12-10-14(18)6-5-11(12)9-13/h3-10H,2H2,1H3. The zero-order chi connectivity index (χ0) is 14.1. The van der Waals surface area contributed by atoms with Crippen molar-refractivity contribution in [3.05, 3.63) is 70.1 Å². The van der Waals surface area contributed by atoms with Gasteiger partial charge < -0.3 is 4.42 Å². The minimum absolute atomic E-state index is 0.0745. The van der Waals surface area contributed by atoms with E-state index in [0.29, 0.717) is 11.3 Å². The molecule has 0 N–H and O–H groups in total. The molecule has 3 aromatic rings. The van der Waals surface area contributed by atoms with Gasteiger partial charge in [0.25, 0.3) is 0 Å². The Morgan fingerprint density at radius 3 is 2.55 bits per heavy atom. The van der Waals surface area contributed by atoms with Gasteiger partial charge >= 0.3 is 0 Å². The first kappa shape index (κ1) is 13.1. The Morgan fingerprint density at radius 2 is 1.80 bits per heavy atom. The van der Waals surface area contributed by atoms with E-state index in [9.17, 15) is 4.79 Å². The van der Waals surface area contributed by atoms with Crippen LogP contribution in [0.1, 0.15) is 28.8 Å². The van der Waals surface area contributed by atoms with Gasteiger partial charge in [0, 0.05) is 16.5 Å². The van der Waals surface area contributed by atoms with E-state index < -0.39 is 0 Å². The minimum atomic E-state index is -0.0745. The van der Waals surface area contributed by atoms with Crippen molar-refractivity contribution < 1.29 is 9.21 Å². The predicted molar refractivity (Wildman–Crippen MR) is 83.2 cm³/mol. The number of hydrogen-bond donors (Lipinski definition) is 0. The van der Waals surface area contributed by atoms with Gasteiger partial charge in [0.15, 0.2) is 5.76 Å². The van der Waals surface area contributed by atoms with Crippen molar-refractivity contribution >= 4 is 32.5 Å². The molecule has 0 aliphatic rings. The van der Waals surface area contributed by atoms with Gasteiger partial charge in [-0.2, -0.15) is 0 Å². The Labute approximate surface area is 125 Å². The first-order chi connectivity index (χ1) is 9.67. The van der Waals surface area contributed by atoms with Crippen LogP contribution in [0.3, 0.4) is 0 Å². The number of carbonyl (C=O) groups is 1. The molecule has 3 heteroatoms. The van der Waals surface area contributed by atoms with Gasteiger partial charge in [-0.3, -0.25) is 4.79 Å². The van der Waals surface area contributed by atoms with Gasteiger partial charge in [0.05, 0.1) is 0 Å². The number of fused-ring (bicyclic) bond motifs is 1. The number of ketones is 1. The van der Waals surface area contributed by atoms with Crippen LogP contribution in [-0.4, -0.2) is 5.78 Å². The molecule has 0 saturated heterocycles. The molecule has 0 amide bonds. The maximum absolute atomic E-state index is 12.4. The number of rotatable bonds is 3. The second kappa shape index (κ2) is 5.25. The molecule has 20 heavy (non-hydrogen) atoms. The lowest BCUT2D eigenvalue weighted by Gasteiger charge is -2.02. The van der Waals surface area contributed by atoms with Crippen LogP contribution >= 0.6 is 15.9 Å². The van der Waals surface area contributed by atoms with Gasteiger partial charge in [-0.05, 0) is 41.1 Å². The number of aryl methyl sites for hydroxylation is 1. The fourth-order valence-electron chi connectivity index (χ4n) is 2.19. The van der Waals surface area contributed by atoms with Crippen LogP contribution in [0, 0.1) is 0 Å². The normalized spacial score (nSPS) is 10.9. The summed E-state index contributed by atoms with van der Waals surface area (Å²) in [5, 5.41) is 2.14. The molecule has 0 bridgehead atoms. The quantitative estimate of drug-likeness (QED) is 0.634. The molecule has 0 fully saturated rings. The van der Waals surface area contributed by atoms with Crippen LogP contribution in [-0.2, 0) is 6.42 Å². The lowest BCUT2D eigenvalue weighted by molar-refractivity contribution is 0.101. The largest absolute Gasteiger partial charge is 0.458 e. The topological polar surface area (TPSA) is 30.2 Å². The van der Waals surface area contributed by atoms with Crippen LogP contribution in [0.15, 0.2) is 57.4 Å². The van der Waals surface area contributed by atoms with Crippen molar-refractivity contribution in [1.82, 2.24) is 0 Å². The molecule has 0 spiro atoms. The van der Waals surface area contributed by atoms with Crippen molar-refractivity contribution in [2.45, 2.75) is 13.3 Å². The molecule has 0 aliphatic heterocycles. The van der Waals surface area contributed by atoms with Gasteiger partial charge in [-0.25, -0.2) is 0 Å². The zero-order valence-corrected chi connectivity index (χ0v) is 12.6. The molecule has 1 aromatic heterocycles. The third kappa shape index (κ3) is 2.41. The SMILES string of the molecule is CCc1ccc(C(=O)c2ccc3cc(Br)ccc3c2)o1. The summed E-state index contributed by atoms with van der Waals surface area (Å²) in [5.74, 6) is 1.16. The number of furan rings is 1. The Kier molecular flexibility index (Phi) is 3.45. The van der Waals surface area contributed by atoms with E-state index in [1.807, 2.05) is 49.4 Å². The van der Waals surface area contributed by atoms with Gasteiger partial charge in [-0.1, -0.05) is 41.1 Å². The summed E-state index contributed by atoms with van der Waals surface area (Å²) in [6, 6.07) is 15.3. The zero-order valence-electron chi connectivity index (χ0n) is 11.0. The number of benzene rings is 2.